The molecule has 1 amide bonds. The lowest BCUT2D eigenvalue weighted by atomic mass is 10.0. The van der Waals surface area contributed by atoms with Crippen LogP contribution in [0, 0.1) is 0 Å². The van der Waals surface area contributed by atoms with E-state index >= 15 is 0 Å². The molecule has 5 nitrogen and oxygen atoms in total. The van der Waals surface area contributed by atoms with Gasteiger partial charge in [0.15, 0.2) is 5.16 Å². The van der Waals surface area contributed by atoms with Crippen molar-refractivity contribution in [2.45, 2.75) is 30.5 Å². The Kier molecular flexibility index (Phi) is 10.6. The smallest absolute Gasteiger partial charge is 0.334 e. The van der Waals surface area contributed by atoms with E-state index in [1.54, 1.807) is 6.26 Å². The van der Waals surface area contributed by atoms with Crippen LogP contribution in [0.25, 0.3) is 0 Å². The van der Waals surface area contributed by atoms with Gasteiger partial charge in [0.2, 0.25) is 0 Å². The van der Waals surface area contributed by atoms with Crippen LogP contribution in [-0.2, 0) is 18.9 Å². The molecule has 0 aliphatic carbocycles. The molecular weight excluding hydrogens is 541 g/mol. The molecule has 1 aromatic heterocycles. The monoisotopic (exact) mass is 556 g/mol. The van der Waals surface area contributed by atoms with E-state index in [4.69, 9.17) is 28.9 Å². The first-order valence-electron chi connectivity index (χ1n) is 8.82. The fraction of sp³-hybridized carbons (Fsp3) is 0.389. The van der Waals surface area contributed by atoms with Gasteiger partial charge >= 0.3 is 12.4 Å². The SMILES string of the molecule is CSc1nc(Cl)c(C(=O)N(CCCN)Cc2cc(C(F)(F)F)cc(C(F)(F)F)c2)c(Cl)n1.Cl. The third kappa shape index (κ3) is 7.78. The Balaban J connectivity index is 0.00000544. The maximum absolute atomic E-state index is 13.2. The first-order valence-corrected chi connectivity index (χ1v) is 10.8. The molecule has 0 aliphatic heterocycles. The maximum atomic E-state index is 13.2. The van der Waals surface area contributed by atoms with Crippen LogP contribution in [-0.4, -0.2) is 40.1 Å². The lowest BCUT2D eigenvalue weighted by molar-refractivity contribution is -0.143. The number of nitrogens with zero attached hydrogens (tertiary/aromatic N) is 3. The summed E-state index contributed by atoms with van der Waals surface area (Å²) >= 11 is 13.2. The van der Waals surface area contributed by atoms with Crippen molar-refractivity contribution in [2.24, 2.45) is 5.73 Å². The summed E-state index contributed by atoms with van der Waals surface area (Å²) in [6.45, 7) is -0.545. The summed E-state index contributed by atoms with van der Waals surface area (Å²) in [7, 11) is 0. The number of benzene rings is 1. The number of amides is 1. The van der Waals surface area contributed by atoms with E-state index in [1.807, 2.05) is 0 Å². The van der Waals surface area contributed by atoms with Gasteiger partial charge in [0.05, 0.1) is 11.1 Å². The minimum Gasteiger partial charge on any atom is -0.334 e. The standard InChI is InChI=1S/C18H16Cl2F6N4OS.ClH/c1-32-16-28-13(19)12(14(20)29-16)15(31)30(4-2-3-27)8-9-5-10(17(21,22)23)7-11(6-9)18(24,25)26;/h5-7H,2-4,8,27H2,1H3;1H. The molecular formula is C18H17Cl3F6N4OS. The lowest BCUT2D eigenvalue weighted by Gasteiger charge is -2.24. The summed E-state index contributed by atoms with van der Waals surface area (Å²) in [5.74, 6) is -0.855. The molecule has 1 aromatic carbocycles. The summed E-state index contributed by atoms with van der Waals surface area (Å²) in [5.41, 5.74) is 1.78. The van der Waals surface area contributed by atoms with Gasteiger partial charge in [0.1, 0.15) is 15.9 Å². The van der Waals surface area contributed by atoms with Gasteiger partial charge in [0.25, 0.3) is 5.91 Å². The molecule has 0 spiro atoms. The highest BCUT2D eigenvalue weighted by Gasteiger charge is 2.37. The second kappa shape index (κ2) is 11.8. The summed E-state index contributed by atoms with van der Waals surface area (Å²) < 4.78 is 79.0. The van der Waals surface area contributed by atoms with Crippen LogP contribution in [0.2, 0.25) is 10.3 Å². The normalized spacial score (nSPS) is 11.8. The molecule has 0 unspecified atom stereocenters. The van der Waals surface area contributed by atoms with Crippen LogP contribution in [0.5, 0.6) is 0 Å². The predicted molar refractivity (Wildman–Crippen MR) is 116 cm³/mol. The van der Waals surface area contributed by atoms with E-state index in [0.717, 1.165) is 16.7 Å². The fourth-order valence-electron chi connectivity index (χ4n) is 2.68. The third-order valence-electron chi connectivity index (χ3n) is 4.14. The lowest BCUT2D eigenvalue weighted by Crippen LogP contribution is -2.33. The Morgan fingerprint density at radius 1 is 1.03 bits per heavy atom. The van der Waals surface area contributed by atoms with E-state index in [1.165, 1.54) is 0 Å². The average molecular weight is 558 g/mol. The zero-order valence-electron chi connectivity index (χ0n) is 16.7. The summed E-state index contributed by atoms with van der Waals surface area (Å²) in [6, 6.07) is 1.11. The van der Waals surface area contributed by atoms with E-state index in [0.29, 0.717) is 12.1 Å². The first-order chi connectivity index (χ1) is 14.8. The van der Waals surface area contributed by atoms with Crippen molar-refractivity contribution in [3.05, 3.63) is 50.8 Å². The number of rotatable bonds is 7. The van der Waals surface area contributed by atoms with E-state index in [9.17, 15) is 31.1 Å². The second-order valence-electron chi connectivity index (χ2n) is 6.45. The van der Waals surface area contributed by atoms with Crippen molar-refractivity contribution in [1.82, 2.24) is 14.9 Å². The number of aromatic nitrogens is 2. The van der Waals surface area contributed by atoms with Crippen LogP contribution in [0.3, 0.4) is 0 Å². The van der Waals surface area contributed by atoms with Crippen molar-refractivity contribution in [3.63, 3.8) is 0 Å². The first kappa shape index (κ1) is 29.6. The minimum absolute atomic E-state index is 0. The quantitative estimate of drug-likeness (QED) is 0.197. The topological polar surface area (TPSA) is 72.1 Å². The van der Waals surface area contributed by atoms with Gasteiger partial charge in [-0.2, -0.15) is 26.3 Å². The molecule has 2 aromatic rings. The van der Waals surface area contributed by atoms with Crippen LogP contribution < -0.4 is 5.73 Å². The van der Waals surface area contributed by atoms with Crippen molar-refractivity contribution in [1.29, 1.82) is 0 Å². The highest BCUT2D eigenvalue weighted by Crippen LogP contribution is 2.37. The van der Waals surface area contributed by atoms with Gasteiger partial charge in [-0.1, -0.05) is 35.0 Å². The molecule has 0 atom stereocenters. The molecule has 0 bridgehead atoms. The highest BCUT2D eigenvalue weighted by atomic mass is 35.5. The van der Waals surface area contributed by atoms with E-state index < -0.39 is 35.9 Å². The molecule has 0 radical (unpaired) electrons. The van der Waals surface area contributed by atoms with Crippen molar-refractivity contribution < 1.29 is 31.1 Å². The Labute approximate surface area is 205 Å². The molecule has 0 saturated heterocycles. The molecule has 0 saturated carbocycles. The van der Waals surface area contributed by atoms with Crippen molar-refractivity contribution >= 4 is 53.3 Å². The van der Waals surface area contributed by atoms with Gasteiger partial charge in [-0.25, -0.2) is 9.97 Å². The number of nitrogens with two attached hydrogens (primary N) is 1. The number of halogens is 9. The largest absolute Gasteiger partial charge is 0.416 e. The van der Waals surface area contributed by atoms with Crippen LogP contribution in [0.1, 0.15) is 33.5 Å². The van der Waals surface area contributed by atoms with Gasteiger partial charge in [-0.3, -0.25) is 4.79 Å². The maximum Gasteiger partial charge on any atom is 0.416 e. The molecule has 33 heavy (non-hydrogen) atoms. The zero-order valence-corrected chi connectivity index (χ0v) is 19.9. The number of hydrogen-bond donors (Lipinski definition) is 1. The fourth-order valence-corrected chi connectivity index (χ4v) is 3.70. The predicted octanol–water partition coefficient (Wildman–Crippen LogP) is 5.96. The van der Waals surface area contributed by atoms with Crippen molar-refractivity contribution in [2.75, 3.05) is 19.3 Å². The molecule has 2 N–H and O–H groups in total. The number of thioether (sulfide) groups is 1. The average Bonchev–Trinajstić information content (AvgIpc) is 2.68. The molecule has 2 rings (SSSR count). The van der Waals surface area contributed by atoms with Crippen LogP contribution >= 0.6 is 47.4 Å². The van der Waals surface area contributed by atoms with Crippen molar-refractivity contribution in [3.8, 4) is 0 Å². The Hall–Kier alpha value is -1.47. The summed E-state index contributed by atoms with van der Waals surface area (Å²) in [4.78, 5) is 21.8. The van der Waals surface area contributed by atoms with Gasteiger partial charge in [-0.05, 0) is 43.0 Å². The van der Waals surface area contributed by atoms with Crippen LogP contribution in [0.15, 0.2) is 23.4 Å². The Bertz CT molecular complexity index is 935. The number of alkyl halides is 6. The van der Waals surface area contributed by atoms with E-state index in [-0.39, 0.29) is 64.6 Å². The second-order valence-corrected chi connectivity index (χ2v) is 7.94. The van der Waals surface area contributed by atoms with Gasteiger partial charge in [-0.15, -0.1) is 12.4 Å². The summed E-state index contributed by atoms with van der Waals surface area (Å²) in [6.07, 6.45) is -8.18. The number of hydrogen-bond acceptors (Lipinski definition) is 5. The third-order valence-corrected chi connectivity index (χ3v) is 5.23. The molecule has 15 heteroatoms. The minimum atomic E-state index is -5.02. The molecule has 1 heterocycles. The van der Waals surface area contributed by atoms with Gasteiger partial charge in [0, 0.05) is 13.1 Å². The molecule has 0 aliphatic rings. The number of carbonyl (C=O) groups excluding carboxylic acids is 1. The van der Waals surface area contributed by atoms with Crippen LogP contribution in [0.4, 0.5) is 26.3 Å². The molecule has 0 fully saturated rings. The van der Waals surface area contributed by atoms with Gasteiger partial charge < -0.3 is 10.6 Å². The van der Waals surface area contributed by atoms with E-state index in [2.05, 4.69) is 9.97 Å². The highest BCUT2D eigenvalue weighted by molar-refractivity contribution is 7.98. The summed E-state index contributed by atoms with van der Waals surface area (Å²) in [5, 5.41) is -0.410. The Morgan fingerprint density at radius 3 is 1.91 bits per heavy atom. The Morgan fingerprint density at radius 2 is 1.52 bits per heavy atom. The molecule has 184 valence electrons. The zero-order chi connectivity index (χ0) is 24.3. The number of carbonyl (C=O) groups is 1.